The number of urea groups is 1. The van der Waals surface area contributed by atoms with Crippen LogP contribution in [0.2, 0.25) is 0 Å². The summed E-state index contributed by atoms with van der Waals surface area (Å²) in [5.74, 6) is 0.431. The van der Waals surface area contributed by atoms with Crippen LogP contribution in [0.25, 0.3) is 0 Å². The molecule has 1 heterocycles. The van der Waals surface area contributed by atoms with Crippen molar-refractivity contribution >= 4 is 27.8 Å². The van der Waals surface area contributed by atoms with E-state index in [-0.39, 0.29) is 6.03 Å². The van der Waals surface area contributed by atoms with Crippen molar-refractivity contribution in [3.05, 3.63) is 16.8 Å². The Morgan fingerprint density at radius 2 is 2.38 bits per heavy atom. The maximum Gasteiger partial charge on any atom is 0.321 e. The molecule has 0 saturated carbocycles. The number of hydrogen-bond acceptors (Lipinski definition) is 2. The van der Waals surface area contributed by atoms with Gasteiger partial charge in [0.05, 0.1) is 0 Å². The minimum absolute atomic E-state index is 0.247. The summed E-state index contributed by atoms with van der Waals surface area (Å²) >= 11 is 3.14. The van der Waals surface area contributed by atoms with Crippen molar-refractivity contribution in [1.29, 1.82) is 0 Å². The molecule has 0 fully saturated rings. The highest BCUT2D eigenvalue weighted by Gasteiger charge is 2.03. The van der Waals surface area contributed by atoms with Crippen LogP contribution >= 0.6 is 15.9 Å². The first-order valence-electron chi connectivity index (χ1n) is 4.02. The predicted molar refractivity (Wildman–Crippen MR) is 53.7 cm³/mol. The van der Waals surface area contributed by atoms with Crippen LogP contribution in [0.3, 0.4) is 0 Å². The molecular formula is C8H11BrN2O2. The lowest BCUT2D eigenvalue weighted by atomic mass is 10.5. The Kier molecular flexibility index (Phi) is 3.82. The molecule has 0 spiro atoms. The molecule has 0 bridgehead atoms. The molecule has 1 aromatic rings. The number of halogens is 1. The Morgan fingerprint density at radius 3 is 2.92 bits per heavy atom. The van der Waals surface area contributed by atoms with Crippen molar-refractivity contribution in [2.24, 2.45) is 0 Å². The summed E-state index contributed by atoms with van der Waals surface area (Å²) in [4.78, 5) is 11.1. The highest BCUT2D eigenvalue weighted by molar-refractivity contribution is 9.10. The zero-order valence-electron chi connectivity index (χ0n) is 7.26. The summed E-state index contributed by atoms with van der Waals surface area (Å²) in [5.41, 5.74) is 0. The number of carbonyl (C=O) groups is 1. The van der Waals surface area contributed by atoms with Crippen molar-refractivity contribution in [3.63, 3.8) is 0 Å². The third-order valence-electron chi connectivity index (χ3n) is 1.35. The number of carbonyl (C=O) groups excluding carboxylic acids is 1. The Labute approximate surface area is 84.8 Å². The van der Waals surface area contributed by atoms with Gasteiger partial charge in [0.15, 0.2) is 4.67 Å². The Morgan fingerprint density at radius 1 is 1.62 bits per heavy atom. The number of amides is 2. The minimum Gasteiger partial charge on any atom is -0.434 e. The fraction of sp³-hybridized carbons (Fsp3) is 0.375. The van der Waals surface area contributed by atoms with Crippen LogP contribution < -0.4 is 10.6 Å². The summed E-state index contributed by atoms with van der Waals surface area (Å²) in [5, 5.41) is 5.22. The van der Waals surface area contributed by atoms with Gasteiger partial charge in [-0.25, -0.2) is 4.79 Å². The normalized spacial score (nSPS) is 9.69. The van der Waals surface area contributed by atoms with E-state index < -0.39 is 0 Å². The first-order valence-corrected chi connectivity index (χ1v) is 4.82. The van der Waals surface area contributed by atoms with E-state index in [1.54, 1.807) is 12.1 Å². The Bertz CT molecular complexity index is 285. The first kappa shape index (κ1) is 10.1. The summed E-state index contributed by atoms with van der Waals surface area (Å²) in [6.45, 7) is 2.65. The second-order valence-corrected chi connectivity index (χ2v) is 3.27. The highest BCUT2D eigenvalue weighted by Crippen LogP contribution is 2.17. The largest absolute Gasteiger partial charge is 0.434 e. The third kappa shape index (κ3) is 3.50. The highest BCUT2D eigenvalue weighted by atomic mass is 79.9. The lowest BCUT2D eigenvalue weighted by molar-refractivity contribution is 0.251. The van der Waals surface area contributed by atoms with E-state index in [0.29, 0.717) is 17.1 Å². The van der Waals surface area contributed by atoms with Crippen LogP contribution in [0.4, 0.5) is 10.7 Å². The van der Waals surface area contributed by atoms with E-state index >= 15 is 0 Å². The van der Waals surface area contributed by atoms with E-state index in [2.05, 4.69) is 26.6 Å². The van der Waals surface area contributed by atoms with E-state index in [1.807, 2.05) is 6.92 Å². The molecule has 0 radical (unpaired) electrons. The molecule has 0 atom stereocenters. The predicted octanol–water partition coefficient (Wildman–Crippen LogP) is 2.57. The summed E-state index contributed by atoms with van der Waals surface area (Å²) < 4.78 is 5.67. The van der Waals surface area contributed by atoms with Gasteiger partial charge in [-0.3, -0.25) is 5.32 Å². The maximum atomic E-state index is 11.1. The SMILES string of the molecule is CCCNC(=O)Nc1ccc(Br)o1. The zero-order valence-corrected chi connectivity index (χ0v) is 8.85. The van der Waals surface area contributed by atoms with Crippen molar-refractivity contribution < 1.29 is 9.21 Å². The number of anilines is 1. The van der Waals surface area contributed by atoms with Gasteiger partial charge in [-0.2, -0.15) is 0 Å². The molecule has 0 aromatic carbocycles. The van der Waals surface area contributed by atoms with E-state index in [9.17, 15) is 4.79 Å². The van der Waals surface area contributed by atoms with Crippen molar-refractivity contribution in [1.82, 2.24) is 5.32 Å². The molecule has 0 unspecified atom stereocenters. The average Bonchev–Trinajstić information content (AvgIpc) is 2.48. The summed E-state index contributed by atoms with van der Waals surface area (Å²) in [6.07, 6.45) is 0.912. The topological polar surface area (TPSA) is 54.3 Å². The summed E-state index contributed by atoms with van der Waals surface area (Å²) in [6, 6.07) is 3.15. The van der Waals surface area contributed by atoms with E-state index in [4.69, 9.17) is 4.42 Å². The minimum atomic E-state index is -0.247. The molecule has 13 heavy (non-hydrogen) atoms. The molecule has 72 valence electrons. The smallest absolute Gasteiger partial charge is 0.321 e. The molecule has 2 amide bonds. The molecule has 0 aliphatic heterocycles. The van der Waals surface area contributed by atoms with Crippen LogP contribution in [0.1, 0.15) is 13.3 Å². The number of hydrogen-bond donors (Lipinski definition) is 2. The summed E-state index contributed by atoms with van der Waals surface area (Å²) in [7, 11) is 0. The van der Waals surface area contributed by atoms with Gasteiger partial charge in [0.25, 0.3) is 0 Å². The van der Waals surface area contributed by atoms with Gasteiger partial charge < -0.3 is 9.73 Å². The Hall–Kier alpha value is -0.970. The van der Waals surface area contributed by atoms with E-state index in [0.717, 1.165) is 6.42 Å². The van der Waals surface area contributed by atoms with Crippen LogP contribution in [-0.2, 0) is 0 Å². The number of furan rings is 1. The molecule has 0 aliphatic rings. The third-order valence-corrected chi connectivity index (χ3v) is 1.77. The fourth-order valence-electron chi connectivity index (χ4n) is 0.776. The van der Waals surface area contributed by atoms with Gasteiger partial charge in [0.2, 0.25) is 5.88 Å². The molecule has 0 saturated heterocycles. The van der Waals surface area contributed by atoms with Crippen molar-refractivity contribution in [2.45, 2.75) is 13.3 Å². The molecular weight excluding hydrogens is 236 g/mol. The van der Waals surface area contributed by atoms with Crippen LogP contribution in [0.15, 0.2) is 21.2 Å². The van der Waals surface area contributed by atoms with Gasteiger partial charge >= 0.3 is 6.03 Å². The van der Waals surface area contributed by atoms with Gasteiger partial charge in [-0.1, -0.05) is 6.92 Å². The van der Waals surface area contributed by atoms with Crippen LogP contribution in [0, 0.1) is 0 Å². The lowest BCUT2D eigenvalue weighted by Crippen LogP contribution is -2.28. The van der Waals surface area contributed by atoms with Gasteiger partial charge in [0, 0.05) is 12.6 Å². The molecule has 2 N–H and O–H groups in total. The van der Waals surface area contributed by atoms with Crippen LogP contribution in [-0.4, -0.2) is 12.6 Å². The molecule has 4 nitrogen and oxygen atoms in total. The number of rotatable bonds is 3. The second kappa shape index (κ2) is 4.91. The lowest BCUT2D eigenvalue weighted by Gasteiger charge is -2.02. The van der Waals surface area contributed by atoms with Crippen molar-refractivity contribution in [3.8, 4) is 0 Å². The molecule has 0 aliphatic carbocycles. The molecule has 5 heteroatoms. The van der Waals surface area contributed by atoms with Crippen LogP contribution in [0.5, 0.6) is 0 Å². The maximum absolute atomic E-state index is 11.1. The molecule has 1 rings (SSSR count). The van der Waals surface area contributed by atoms with Crippen molar-refractivity contribution in [2.75, 3.05) is 11.9 Å². The quantitative estimate of drug-likeness (QED) is 0.862. The van der Waals surface area contributed by atoms with Gasteiger partial charge in [-0.05, 0) is 28.4 Å². The number of nitrogens with one attached hydrogen (secondary N) is 2. The zero-order chi connectivity index (χ0) is 9.68. The Balaban J connectivity index is 2.36. The van der Waals surface area contributed by atoms with Gasteiger partial charge in [-0.15, -0.1) is 0 Å². The van der Waals surface area contributed by atoms with Gasteiger partial charge in [0.1, 0.15) is 0 Å². The standard InChI is InChI=1S/C8H11BrN2O2/c1-2-5-10-8(12)11-7-4-3-6(9)13-7/h3-4H,2,5H2,1H3,(H2,10,11,12). The molecule has 1 aromatic heterocycles. The van der Waals surface area contributed by atoms with E-state index in [1.165, 1.54) is 0 Å². The first-order chi connectivity index (χ1) is 6.22. The fourth-order valence-corrected chi connectivity index (χ4v) is 1.08. The second-order valence-electron chi connectivity index (χ2n) is 2.48. The average molecular weight is 247 g/mol. The monoisotopic (exact) mass is 246 g/mol.